The van der Waals surface area contributed by atoms with E-state index in [0.29, 0.717) is 11.5 Å². The van der Waals surface area contributed by atoms with Crippen LogP contribution in [0.15, 0.2) is 30.3 Å². The van der Waals surface area contributed by atoms with Crippen LogP contribution in [0.2, 0.25) is 0 Å². The Morgan fingerprint density at radius 1 is 0.957 bits per heavy atom. The number of halogens is 3. The van der Waals surface area contributed by atoms with E-state index in [1.807, 2.05) is 0 Å². The second-order valence-electron chi connectivity index (χ2n) is 6.24. The molecule has 1 fully saturated rings. The molecule has 0 spiro atoms. The minimum atomic E-state index is -0.626. The van der Waals surface area contributed by atoms with Gasteiger partial charge in [0, 0.05) is 44.1 Å². The molecule has 0 unspecified atom stereocenters. The fourth-order valence-electron chi connectivity index (χ4n) is 3.29. The van der Waals surface area contributed by atoms with Gasteiger partial charge in [0.25, 0.3) is 0 Å². The molecule has 1 radical (unpaired) electrons. The van der Waals surface area contributed by atoms with E-state index in [-0.39, 0.29) is 49.8 Å². The van der Waals surface area contributed by atoms with Crippen LogP contribution in [0.3, 0.4) is 0 Å². The maximum Gasteiger partial charge on any atom is 0.132 e. The predicted molar refractivity (Wildman–Crippen MR) is 81.0 cm³/mol. The summed E-state index contributed by atoms with van der Waals surface area (Å²) in [7, 11) is 0. The average molecular weight is 392 g/mol. The summed E-state index contributed by atoms with van der Waals surface area (Å²) in [5, 5.41) is 0. The van der Waals surface area contributed by atoms with Gasteiger partial charge in [-0.25, -0.2) is 13.2 Å². The summed E-state index contributed by atoms with van der Waals surface area (Å²) in [6.07, 6.45) is 4.12. The molecular weight excluding hydrogens is 374 g/mol. The van der Waals surface area contributed by atoms with Crippen LogP contribution in [0, 0.1) is 29.4 Å². The van der Waals surface area contributed by atoms with Gasteiger partial charge in [-0.1, -0.05) is 19.8 Å². The van der Waals surface area contributed by atoms with Gasteiger partial charge in [-0.05, 0) is 42.4 Å². The van der Waals surface area contributed by atoms with Crippen molar-refractivity contribution in [2.75, 3.05) is 0 Å². The van der Waals surface area contributed by atoms with Crippen LogP contribution in [-0.2, 0) is 32.7 Å². The maximum absolute atomic E-state index is 14.4. The van der Waals surface area contributed by atoms with Crippen molar-refractivity contribution in [1.29, 1.82) is 0 Å². The summed E-state index contributed by atoms with van der Waals surface area (Å²) in [4.78, 5) is 0. The molecule has 0 amide bonds. The Morgan fingerprint density at radius 3 is 2.13 bits per heavy atom. The zero-order chi connectivity index (χ0) is 15.7. The third-order valence-corrected chi connectivity index (χ3v) is 4.61. The number of hydrogen-bond acceptors (Lipinski definition) is 0. The first-order chi connectivity index (χ1) is 10.5. The molecule has 119 valence electrons. The third-order valence-electron chi connectivity index (χ3n) is 4.61. The van der Waals surface area contributed by atoms with Crippen LogP contribution in [-0.4, -0.2) is 0 Å². The van der Waals surface area contributed by atoms with Crippen LogP contribution < -0.4 is 0 Å². The molecule has 0 nitrogen and oxygen atoms in total. The van der Waals surface area contributed by atoms with Crippen molar-refractivity contribution in [3.63, 3.8) is 0 Å². The van der Waals surface area contributed by atoms with Gasteiger partial charge < -0.3 is 0 Å². The maximum atomic E-state index is 14.4. The quantitative estimate of drug-likeness (QED) is 0.562. The van der Waals surface area contributed by atoms with Gasteiger partial charge in [-0.15, -0.1) is 17.7 Å². The standard InChI is InChI=1S/C19H18F3.Y/c1-12-5-7-13(8-6-12)15-10-17(21)19(18(22)11-15)14-3-2-4-16(20)9-14;/h2-3,9-13H,5-8H2,1H3;/q-1;. The summed E-state index contributed by atoms with van der Waals surface area (Å²) in [6.45, 7) is 2.21. The van der Waals surface area contributed by atoms with Gasteiger partial charge >= 0.3 is 0 Å². The molecule has 0 saturated heterocycles. The number of benzene rings is 2. The van der Waals surface area contributed by atoms with E-state index >= 15 is 0 Å². The monoisotopic (exact) mass is 392 g/mol. The van der Waals surface area contributed by atoms with E-state index in [9.17, 15) is 13.2 Å². The Balaban J connectivity index is 0.00000192. The van der Waals surface area contributed by atoms with Crippen molar-refractivity contribution in [2.24, 2.45) is 5.92 Å². The van der Waals surface area contributed by atoms with Crippen LogP contribution in [0.1, 0.15) is 44.1 Å². The van der Waals surface area contributed by atoms with Crippen LogP contribution in [0.4, 0.5) is 13.2 Å². The molecule has 1 aliphatic carbocycles. The molecule has 1 saturated carbocycles. The second-order valence-corrected chi connectivity index (χ2v) is 6.24. The summed E-state index contributed by atoms with van der Waals surface area (Å²) in [6, 6.07) is 9.06. The minimum Gasteiger partial charge on any atom is -0.236 e. The summed E-state index contributed by atoms with van der Waals surface area (Å²) in [5.74, 6) is -0.969. The Morgan fingerprint density at radius 2 is 1.57 bits per heavy atom. The fraction of sp³-hybridized carbons (Fsp3) is 0.368. The zero-order valence-corrected chi connectivity index (χ0v) is 15.9. The van der Waals surface area contributed by atoms with Crippen molar-refractivity contribution >= 4 is 0 Å². The third kappa shape index (κ3) is 4.25. The molecule has 0 aliphatic heterocycles. The summed E-state index contributed by atoms with van der Waals surface area (Å²) >= 11 is 0. The zero-order valence-electron chi connectivity index (χ0n) is 13.1. The Bertz CT molecular complexity index is 653. The molecule has 3 rings (SSSR count). The molecule has 0 bridgehead atoms. The molecule has 0 aromatic heterocycles. The van der Waals surface area contributed by atoms with E-state index in [0.717, 1.165) is 31.7 Å². The first-order valence-corrected chi connectivity index (χ1v) is 7.71. The smallest absolute Gasteiger partial charge is 0.132 e. The van der Waals surface area contributed by atoms with Gasteiger partial charge in [0.2, 0.25) is 0 Å². The van der Waals surface area contributed by atoms with E-state index in [1.54, 1.807) is 0 Å². The van der Waals surface area contributed by atoms with Crippen molar-refractivity contribution in [2.45, 2.75) is 38.5 Å². The largest absolute Gasteiger partial charge is 0.236 e. The van der Waals surface area contributed by atoms with Crippen molar-refractivity contribution in [3.05, 3.63) is 59.4 Å². The van der Waals surface area contributed by atoms with Crippen LogP contribution >= 0.6 is 0 Å². The Hall–Kier alpha value is -0.666. The summed E-state index contributed by atoms with van der Waals surface area (Å²) in [5.41, 5.74) is 0.754. The first kappa shape index (κ1) is 18.7. The van der Waals surface area contributed by atoms with Gasteiger partial charge in [-0.3, -0.25) is 0 Å². The van der Waals surface area contributed by atoms with Crippen LogP contribution in [0.5, 0.6) is 0 Å². The molecule has 2 aromatic carbocycles. The number of rotatable bonds is 2. The molecule has 0 N–H and O–H groups in total. The number of hydrogen-bond donors (Lipinski definition) is 0. The minimum absolute atomic E-state index is 0. The molecule has 0 atom stereocenters. The average Bonchev–Trinajstić information content (AvgIpc) is 2.47. The Labute approximate surface area is 160 Å². The molecular formula is C19H18F3Y-. The first-order valence-electron chi connectivity index (χ1n) is 7.71. The van der Waals surface area contributed by atoms with Crippen molar-refractivity contribution in [3.8, 4) is 11.1 Å². The van der Waals surface area contributed by atoms with Gasteiger partial charge in [-0.2, -0.15) is 12.1 Å². The Kier molecular flexibility index (Phi) is 6.44. The van der Waals surface area contributed by atoms with Crippen molar-refractivity contribution < 1.29 is 45.9 Å². The van der Waals surface area contributed by atoms with Crippen molar-refractivity contribution in [1.82, 2.24) is 0 Å². The normalized spacial score (nSPS) is 20.9. The second kappa shape index (κ2) is 7.94. The molecule has 4 heteroatoms. The molecule has 0 heterocycles. The molecule has 1 aliphatic rings. The van der Waals surface area contributed by atoms with Crippen LogP contribution in [0.25, 0.3) is 11.1 Å². The molecule has 2 aromatic rings. The topological polar surface area (TPSA) is 0 Å². The van der Waals surface area contributed by atoms with E-state index in [2.05, 4.69) is 13.0 Å². The molecule has 23 heavy (non-hydrogen) atoms. The van der Waals surface area contributed by atoms with Gasteiger partial charge in [0.15, 0.2) is 0 Å². The van der Waals surface area contributed by atoms with Gasteiger partial charge in [0.05, 0.1) is 0 Å². The fourth-order valence-corrected chi connectivity index (χ4v) is 3.29. The van der Waals surface area contributed by atoms with E-state index in [1.165, 1.54) is 24.3 Å². The predicted octanol–water partition coefficient (Wildman–Crippen LogP) is 5.86. The summed E-state index contributed by atoms with van der Waals surface area (Å²) < 4.78 is 42.0. The van der Waals surface area contributed by atoms with E-state index in [4.69, 9.17) is 0 Å². The van der Waals surface area contributed by atoms with Gasteiger partial charge in [0.1, 0.15) is 11.6 Å². The SMILES string of the molecule is CC1CCC(c2cc(F)c(-c3cc[c-]c(F)c3)c(F)c2)CC1.[Y]. The van der Waals surface area contributed by atoms with E-state index < -0.39 is 17.5 Å².